The normalized spacial score (nSPS) is 12.5. The Morgan fingerprint density at radius 3 is 1.94 bits per heavy atom. The molecule has 0 saturated heterocycles. The van der Waals surface area contributed by atoms with Crippen molar-refractivity contribution in [3.05, 3.63) is 152 Å². The van der Waals surface area contributed by atoms with Gasteiger partial charge in [0.15, 0.2) is 0 Å². The van der Waals surface area contributed by atoms with Crippen LogP contribution < -0.4 is 0 Å². The topological polar surface area (TPSA) is 18.1 Å². The monoisotopic (exact) mass is 639 g/mol. The molecule has 1 aliphatic rings. The van der Waals surface area contributed by atoms with Crippen LogP contribution in [0.4, 0.5) is 0 Å². The summed E-state index contributed by atoms with van der Waals surface area (Å²) in [6.07, 6.45) is 0. The smallest absolute Gasteiger partial charge is 0.146 e. The zero-order chi connectivity index (χ0) is 31.8. The number of furan rings is 1. The highest BCUT2D eigenvalue weighted by Gasteiger charge is 2.26. The lowest BCUT2D eigenvalue weighted by Crippen LogP contribution is -1.94. The summed E-state index contributed by atoms with van der Waals surface area (Å²) in [6.45, 7) is 0. The summed E-state index contributed by atoms with van der Waals surface area (Å²) in [6, 6.07) is 55.4. The number of hydrogen-bond donors (Lipinski definition) is 0. The third-order valence-electron chi connectivity index (χ3n) is 10.7. The number of para-hydroxylation sites is 2. The van der Waals surface area contributed by atoms with E-state index in [0.717, 1.165) is 16.9 Å². The zero-order valence-corrected chi connectivity index (χ0v) is 27.0. The summed E-state index contributed by atoms with van der Waals surface area (Å²) in [5, 5.41) is 9.98. The van der Waals surface area contributed by atoms with Crippen LogP contribution in [0.1, 0.15) is 0 Å². The van der Waals surface area contributed by atoms with Crippen molar-refractivity contribution in [3.8, 4) is 39.1 Å². The van der Waals surface area contributed by atoms with E-state index in [9.17, 15) is 0 Å². The summed E-state index contributed by atoms with van der Waals surface area (Å²) in [4.78, 5) is 0. The lowest BCUT2D eigenvalue weighted by molar-refractivity contribution is 0.673. The maximum Gasteiger partial charge on any atom is 0.146 e. The SMILES string of the molecule is c1ccc2c(c1)-c1cccc3c(-c4ccc(-n5c6ccccc6c6c7oc8ccccc8c7c7c8ccccc8sc7c65)cc4)ccc-2c13. The second-order valence-corrected chi connectivity index (χ2v) is 14.2. The largest absolute Gasteiger partial charge is 0.455 e. The van der Waals surface area contributed by atoms with Crippen LogP contribution in [0.3, 0.4) is 0 Å². The van der Waals surface area contributed by atoms with Crippen molar-refractivity contribution in [1.82, 2.24) is 4.57 Å². The molecule has 2 nitrogen and oxygen atoms in total. The number of nitrogens with zero attached hydrogens (tertiary/aromatic N) is 1. The summed E-state index contributed by atoms with van der Waals surface area (Å²) in [5.74, 6) is 0. The first-order chi connectivity index (χ1) is 24.3. The van der Waals surface area contributed by atoms with Crippen molar-refractivity contribution in [3.63, 3.8) is 0 Å². The quantitative estimate of drug-likeness (QED) is 0.184. The van der Waals surface area contributed by atoms with Gasteiger partial charge in [0.2, 0.25) is 0 Å². The third kappa shape index (κ3) is 3.25. The molecule has 0 atom stereocenters. The molecule has 226 valence electrons. The molecule has 1 aliphatic carbocycles. The number of rotatable bonds is 2. The number of aromatic nitrogens is 1. The standard InChI is InChI=1S/C46H25NOS/c1-2-11-30-29(10-1)32-16-9-15-31-28(24-25-33(30)40(31)32)26-20-22-27(23-21-26)47-37-17-6-3-12-34(37)43-44(47)46-42(36-14-5-8-19-39(36)49-46)41-35-13-4-7-18-38(35)48-45(41)43/h1-25H. The summed E-state index contributed by atoms with van der Waals surface area (Å²) in [5.41, 5.74) is 13.2. The molecule has 0 radical (unpaired) electrons. The van der Waals surface area contributed by atoms with Gasteiger partial charge in [0, 0.05) is 37.3 Å². The molecule has 0 N–H and O–H groups in total. The van der Waals surface area contributed by atoms with Crippen molar-refractivity contribution >= 4 is 86.0 Å². The summed E-state index contributed by atoms with van der Waals surface area (Å²) < 4.78 is 11.9. The van der Waals surface area contributed by atoms with Gasteiger partial charge in [-0.15, -0.1) is 11.3 Å². The molecule has 0 fully saturated rings. The van der Waals surface area contributed by atoms with Gasteiger partial charge in [-0.3, -0.25) is 0 Å². The molecular weight excluding hydrogens is 615 g/mol. The van der Waals surface area contributed by atoms with E-state index < -0.39 is 0 Å². The number of benzene rings is 8. The molecule has 0 saturated carbocycles. The molecule has 12 rings (SSSR count). The second-order valence-electron chi connectivity index (χ2n) is 13.2. The van der Waals surface area contributed by atoms with Crippen LogP contribution in [-0.4, -0.2) is 4.57 Å². The van der Waals surface area contributed by atoms with Gasteiger partial charge in [-0.05, 0) is 74.5 Å². The van der Waals surface area contributed by atoms with E-state index >= 15 is 0 Å². The molecule has 11 aromatic rings. The van der Waals surface area contributed by atoms with E-state index in [4.69, 9.17) is 4.42 Å². The third-order valence-corrected chi connectivity index (χ3v) is 11.9. The van der Waals surface area contributed by atoms with Gasteiger partial charge < -0.3 is 8.98 Å². The maximum absolute atomic E-state index is 6.81. The molecule has 0 amide bonds. The van der Waals surface area contributed by atoms with Gasteiger partial charge in [-0.1, -0.05) is 121 Å². The van der Waals surface area contributed by atoms with E-state index in [0.29, 0.717) is 0 Å². The van der Waals surface area contributed by atoms with Crippen molar-refractivity contribution < 1.29 is 4.42 Å². The highest BCUT2D eigenvalue weighted by Crippen LogP contribution is 2.51. The van der Waals surface area contributed by atoms with Crippen LogP contribution in [0.15, 0.2) is 156 Å². The van der Waals surface area contributed by atoms with Crippen LogP contribution in [-0.2, 0) is 0 Å². The Bertz CT molecular complexity index is 3180. The predicted octanol–water partition coefficient (Wildman–Crippen LogP) is 13.5. The van der Waals surface area contributed by atoms with E-state index in [1.54, 1.807) is 0 Å². The van der Waals surface area contributed by atoms with E-state index in [-0.39, 0.29) is 0 Å². The van der Waals surface area contributed by atoms with Gasteiger partial charge in [0.25, 0.3) is 0 Å². The Hall–Kier alpha value is -6.16. The maximum atomic E-state index is 6.81. The van der Waals surface area contributed by atoms with Crippen molar-refractivity contribution in [1.29, 1.82) is 0 Å². The fourth-order valence-corrected chi connectivity index (χ4v) is 9.98. The lowest BCUT2D eigenvalue weighted by atomic mass is 9.94. The molecule has 0 spiro atoms. The average molecular weight is 640 g/mol. The average Bonchev–Trinajstić information content (AvgIpc) is 3.91. The molecular formula is C46H25NOS. The molecule has 3 heterocycles. The Kier molecular flexibility index (Phi) is 4.89. The number of fused-ring (bicyclic) bond motifs is 15. The first-order valence-electron chi connectivity index (χ1n) is 16.8. The zero-order valence-electron chi connectivity index (χ0n) is 26.2. The summed E-state index contributed by atoms with van der Waals surface area (Å²) in [7, 11) is 0. The fourth-order valence-electron chi connectivity index (χ4n) is 8.73. The molecule has 0 bridgehead atoms. The van der Waals surface area contributed by atoms with Gasteiger partial charge in [0.05, 0.1) is 21.1 Å². The fraction of sp³-hybridized carbons (Fsp3) is 0. The minimum Gasteiger partial charge on any atom is -0.455 e. The van der Waals surface area contributed by atoms with Crippen LogP contribution >= 0.6 is 11.3 Å². The van der Waals surface area contributed by atoms with Gasteiger partial charge >= 0.3 is 0 Å². The highest BCUT2D eigenvalue weighted by molar-refractivity contribution is 7.27. The molecule has 3 heteroatoms. The van der Waals surface area contributed by atoms with E-state index in [1.165, 1.54) is 96.9 Å². The minimum absolute atomic E-state index is 0.927. The Morgan fingerprint density at radius 2 is 1.08 bits per heavy atom. The van der Waals surface area contributed by atoms with Crippen LogP contribution in [0.25, 0.3) is 114 Å². The van der Waals surface area contributed by atoms with E-state index in [2.05, 4.69) is 156 Å². The van der Waals surface area contributed by atoms with Crippen molar-refractivity contribution in [2.75, 3.05) is 0 Å². The molecule has 3 aromatic heterocycles. The van der Waals surface area contributed by atoms with Gasteiger partial charge in [0.1, 0.15) is 11.2 Å². The predicted molar refractivity (Wildman–Crippen MR) is 208 cm³/mol. The Labute approximate surface area is 284 Å². The van der Waals surface area contributed by atoms with Crippen LogP contribution in [0, 0.1) is 0 Å². The van der Waals surface area contributed by atoms with Gasteiger partial charge in [-0.2, -0.15) is 0 Å². The minimum atomic E-state index is 0.927. The molecule has 49 heavy (non-hydrogen) atoms. The molecule has 0 unspecified atom stereocenters. The first-order valence-corrected chi connectivity index (χ1v) is 17.6. The lowest BCUT2D eigenvalue weighted by Gasteiger charge is -2.12. The van der Waals surface area contributed by atoms with Crippen LogP contribution in [0.2, 0.25) is 0 Å². The highest BCUT2D eigenvalue weighted by atomic mass is 32.1. The van der Waals surface area contributed by atoms with Gasteiger partial charge in [-0.25, -0.2) is 0 Å². The van der Waals surface area contributed by atoms with Crippen LogP contribution in [0.5, 0.6) is 0 Å². The Balaban J connectivity index is 1.15. The molecule has 8 aromatic carbocycles. The van der Waals surface area contributed by atoms with E-state index in [1.807, 2.05) is 11.3 Å². The summed E-state index contributed by atoms with van der Waals surface area (Å²) >= 11 is 1.88. The molecule has 0 aliphatic heterocycles. The Morgan fingerprint density at radius 1 is 0.429 bits per heavy atom. The van der Waals surface area contributed by atoms with Crippen molar-refractivity contribution in [2.24, 2.45) is 0 Å². The first kappa shape index (κ1) is 25.9. The number of hydrogen-bond acceptors (Lipinski definition) is 2. The van der Waals surface area contributed by atoms with Crippen molar-refractivity contribution in [2.45, 2.75) is 0 Å². The number of thiophene rings is 1. The second kappa shape index (κ2) is 9.25.